The van der Waals surface area contributed by atoms with Gasteiger partial charge in [-0.3, -0.25) is 0 Å². The zero-order valence-electron chi connectivity index (χ0n) is 13.8. The zero-order chi connectivity index (χ0) is 15.9. The molecule has 5 heteroatoms. The van der Waals surface area contributed by atoms with Crippen LogP contribution in [0, 0.1) is 6.92 Å². The first-order valence-corrected chi connectivity index (χ1v) is 8.09. The number of hydrogen-bond acceptors (Lipinski definition) is 4. The van der Waals surface area contributed by atoms with Crippen LogP contribution in [0.3, 0.4) is 0 Å². The number of anilines is 2. The van der Waals surface area contributed by atoms with E-state index in [1.807, 2.05) is 4.57 Å². The van der Waals surface area contributed by atoms with E-state index in [1.165, 1.54) is 30.5 Å². The lowest BCUT2D eigenvalue weighted by atomic mass is 10.1. The van der Waals surface area contributed by atoms with Gasteiger partial charge in [-0.25, -0.2) is 4.98 Å². The summed E-state index contributed by atoms with van der Waals surface area (Å²) in [4.78, 5) is 6.94. The molecule has 5 nitrogen and oxygen atoms in total. The number of aliphatic hydroxyl groups is 1. The number of rotatable bonds is 3. The molecule has 0 spiro atoms. The van der Waals surface area contributed by atoms with E-state index in [2.05, 4.69) is 28.9 Å². The van der Waals surface area contributed by atoms with Crippen molar-refractivity contribution in [3.05, 3.63) is 17.7 Å². The van der Waals surface area contributed by atoms with E-state index in [4.69, 9.17) is 5.73 Å². The van der Waals surface area contributed by atoms with Crippen LogP contribution in [0.1, 0.15) is 38.7 Å². The maximum absolute atomic E-state index is 10.1. The number of fused-ring (bicyclic) bond motifs is 1. The molecule has 0 bridgehead atoms. The lowest BCUT2D eigenvalue weighted by molar-refractivity contribution is 0.0633. The number of nitrogens with two attached hydrogens (primary N) is 1. The summed E-state index contributed by atoms with van der Waals surface area (Å²) in [5, 5.41) is 10.1. The number of aryl methyl sites for hydroxylation is 1. The van der Waals surface area contributed by atoms with E-state index in [9.17, 15) is 5.11 Å². The minimum Gasteiger partial charge on any atom is -0.389 e. The first-order valence-electron chi connectivity index (χ1n) is 8.09. The fourth-order valence-electron chi connectivity index (χ4n) is 3.31. The summed E-state index contributed by atoms with van der Waals surface area (Å²) in [6.45, 7) is 8.39. The molecular formula is C17H26N4O. The number of nitrogens with zero attached hydrogens (tertiary/aromatic N) is 3. The van der Waals surface area contributed by atoms with Gasteiger partial charge in [0.2, 0.25) is 5.95 Å². The Morgan fingerprint density at radius 1 is 1.23 bits per heavy atom. The molecule has 120 valence electrons. The van der Waals surface area contributed by atoms with Crippen LogP contribution in [0.15, 0.2) is 12.1 Å². The third-order valence-corrected chi connectivity index (χ3v) is 4.34. The molecule has 0 aliphatic carbocycles. The quantitative estimate of drug-likeness (QED) is 0.915. The monoisotopic (exact) mass is 302 g/mol. The Balaban J connectivity index is 2.04. The smallest absolute Gasteiger partial charge is 0.201 e. The van der Waals surface area contributed by atoms with Crippen molar-refractivity contribution in [3.63, 3.8) is 0 Å². The predicted octanol–water partition coefficient (Wildman–Crippen LogP) is 2.69. The SMILES string of the molecule is Cc1cc2c(cc1N1CCCCC1)nc(N)n2CC(C)(C)O. The van der Waals surface area contributed by atoms with E-state index < -0.39 is 5.60 Å². The Kier molecular flexibility index (Phi) is 3.77. The second-order valence-corrected chi connectivity index (χ2v) is 7.04. The van der Waals surface area contributed by atoms with Crippen LogP contribution in [-0.4, -0.2) is 33.3 Å². The number of piperidine rings is 1. The van der Waals surface area contributed by atoms with Crippen molar-refractivity contribution < 1.29 is 5.11 Å². The van der Waals surface area contributed by atoms with Gasteiger partial charge in [0.25, 0.3) is 0 Å². The van der Waals surface area contributed by atoms with Crippen molar-refractivity contribution in [2.24, 2.45) is 0 Å². The van der Waals surface area contributed by atoms with Crippen LogP contribution in [-0.2, 0) is 6.54 Å². The normalized spacial score (nSPS) is 16.5. The molecule has 1 fully saturated rings. The highest BCUT2D eigenvalue weighted by Crippen LogP contribution is 2.30. The van der Waals surface area contributed by atoms with Crippen molar-refractivity contribution in [3.8, 4) is 0 Å². The van der Waals surface area contributed by atoms with E-state index in [-0.39, 0.29) is 0 Å². The minimum absolute atomic E-state index is 0.442. The molecule has 0 amide bonds. The molecule has 0 unspecified atom stereocenters. The lowest BCUT2D eigenvalue weighted by Crippen LogP contribution is -2.30. The van der Waals surface area contributed by atoms with Gasteiger partial charge >= 0.3 is 0 Å². The lowest BCUT2D eigenvalue weighted by Gasteiger charge is -2.30. The topological polar surface area (TPSA) is 67.3 Å². The van der Waals surface area contributed by atoms with Crippen LogP contribution < -0.4 is 10.6 Å². The van der Waals surface area contributed by atoms with Gasteiger partial charge in [-0.15, -0.1) is 0 Å². The fraction of sp³-hybridized carbons (Fsp3) is 0.588. The standard InChI is InChI=1S/C17H26N4O/c1-12-9-15-13(10-14(12)20-7-5-4-6-8-20)19-16(18)21(15)11-17(2,3)22/h9-10,22H,4-8,11H2,1-3H3,(H2,18,19). The number of hydrogen-bond donors (Lipinski definition) is 2. The largest absolute Gasteiger partial charge is 0.389 e. The van der Waals surface area contributed by atoms with Crippen LogP contribution in [0.2, 0.25) is 0 Å². The molecule has 1 aromatic heterocycles. The van der Waals surface area contributed by atoms with Crippen LogP contribution in [0.25, 0.3) is 11.0 Å². The fourth-order valence-corrected chi connectivity index (χ4v) is 3.31. The average Bonchev–Trinajstić information content (AvgIpc) is 2.73. The zero-order valence-corrected chi connectivity index (χ0v) is 13.8. The summed E-state index contributed by atoms with van der Waals surface area (Å²) < 4.78 is 1.91. The Hall–Kier alpha value is -1.75. The predicted molar refractivity (Wildman–Crippen MR) is 91.2 cm³/mol. The van der Waals surface area contributed by atoms with Gasteiger partial charge in [0.05, 0.1) is 23.2 Å². The van der Waals surface area contributed by atoms with E-state index in [0.717, 1.165) is 24.1 Å². The van der Waals surface area contributed by atoms with E-state index in [0.29, 0.717) is 12.5 Å². The summed E-state index contributed by atoms with van der Waals surface area (Å²) in [7, 11) is 0. The highest BCUT2D eigenvalue weighted by atomic mass is 16.3. The first-order chi connectivity index (χ1) is 10.3. The van der Waals surface area contributed by atoms with Gasteiger partial charge in [0.1, 0.15) is 0 Å². The van der Waals surface area contributed by atoms with Crippen molar-refractivity contribution >= 4 is 22.7 Å². The van der Waals surface area contributed by atoms with Gasteiger partial charge < -0.3 is 20.3 Å². The summed E-state index contributed by atoms with van der Waals surface area (Å²) in [5.41, 5.74) is 9.66. The molecule has 1 aromatic carbocycles. The Bertz CT molecular complexity index is 678. The van der Waals surface area contributed by atoms with Crippen LogP contribution in [0.4, 0.5) is 11.6 Å². The van der Waals surface area contributed by atoms with Crippen molar-refractivity contribution in [1.29, 1.82) is 0 Å². The van der Waals surface area contributed by atoms with Crippen molar-refractivity contribution in [2.75, 3.05) is 23.7 Å². The second-order valence-electron chi connectivity index (χ2n) is 7.04. The third-order valence-electron chi connectivity index (χ3n) is 4.34. The molecule has 2 aromatic rings. The summed E-state index contributed by atoms with van der Waals surface area (Å²) in [6, 6.07) is 4.29. The third kappa shape index (κ3) is 2.90. The highest BCUT2D eigenvalue weighted by molar-refractivity contribution is 5.84. The Labute approximate surface area is 131 Å². The summed E-state index contributed by atoms with van der Waals surface area (Å²) in [5.74, 6) is 0.465. The van der Waals surface area contributed by atoms with Crippen molar-refractivity contribution in [2.45, 2.75) is 52.2 Å². The first kappa shape index (κ1) is 15.2. The molecule has 1 aliphatic heterocycles. The molecule has 1 aliphatic rings. The minimum atomic E-state index is -0.818. The van der Waals surface area contributed by atoms with Gasteiger partial charge in [0, 0.05) is 18.8 Å². The van der Waals surface area contributed by atoms with E-state index >= 15 is 0 Å². The second kappa shape index (κ2) is 5.47. The molecule has 0 atom stereocenters. The number of benzene rings is 1. The molecule has 0 radical (unpaired) electrons. The molecule has 3 rings (SSSR count). The summed E-state index contributed by atoms with van der Waals surface area (Å²) in [6.07, 6.45) is 3.84. The molecule has 1 saturated heterocycles. The van der Waals surface area contributed by atoms with E-state index in [1.54, 1.807) is 13.8 Å². The maximum atomic E-state index is 10.1. The van der Waals surface area contributed by atoms with Crippen molar-refractivity contribution in [1.82, 2.24) is 9.55 Å². The van der Waals surface area contributed by atoms with Gasteiger partial charge in [0.15, 0.2) is 0 Å². The Morgan fingerprint density at radius 3 is 2.55 bits per heavy atom. The summed E-state index contributed by atoms with van der Waals surface area (Å²) >= 11 is 0. The Morgan fingerprint density at radius 2 is 1.91 bits per heavy atom. The molecule has 2 heterocycles. The number of aromatic nitrogens is 2. The average molecular weight is 302 g/mol. The maximum Gasteiger partial charge on any atom is 0.201 e. The molecule has 22 heavy (non-hydrogen) atoms. The van der Waals surface area contributed by atoms with Gasteiger partial charge in [-0.1, -0.05) is 0 Å². The molecular weight excluding hydrogens is 276 g/mol. The van der Waals surface area contributed by atoms with Crippen LogP contribution >= 0.6 is 0 Å². The molecule has 0 saturated carbocycles. The van der Waals surface area contributed by atoms with Gasteiger partial charge in [-0.05, 0) is 57.7 Å². The number of imidazole rings is 1. The van der Waals surface area contributed by atoms with Gasteiger partial charge in [-0.2, -0.15) is 0 Å². The number of nitrogen functional groups attached to an aromatic ring is 1. The highest BCUT2D eigenvalue weighted by Gasteiger charge is 2.20. The molecule has 3 N–H and O–H groups in total. The van der Waals surface area contributed by atoms with Crippen LogP contribution in [0.5, 0.6) is 0 Å².